The van der Waals surface area contributed by atoms with Crippen LogP contribution in [-0.4, -0.2) is 33.0 Å². The van der Waals surface area contributed by atoms with Crippen LogP contribution in [0, 0.1) is 0 Å². The summed E-state index contributed by atoms with van der Waals surface area (Å²) in [5, 5.41) is 8.68. The van der Waals surface area contributed by atoms with Crippen LogP contribution in [0.3, 0.4) is 0 Å². The summed E-state index contributed by atoms with van der Waals surface area (Å²) in [7, 11) is 0. The van der Waals surface area contributed by atoms with Crippen molar-refractivity contribution in [1.29, 1.82) is 0 Å². The van der Waals surface area contributed by atoms with Gasteiger partial charge in [-0.25, -0.2) is 4.98 Å². The van der Waals surface area contributed by atoms with Crippen LogP contribution in [0.5, 0.6) is 0 Å². The lowest BCUT2D eigenvalue weighted by Crippen LogP contribution is -2.10. The Morgan fingerprint density at radius 2 is 2.19 bits per heavy atom. The molecule has 3 aromatic rings. The monoisotopic (exact) mass is 302 g/mol. The van der Waals surface area contributed by atoms with Crippen molar-refractivity contribution in [2.24, 2.45) is 0 Å². The van der Waals surface area contributed by atoms with Crippen molar-refractivity contribution >= 4 is 34.3 Å². The first kappa shape index (κ1) is 13.8. The van der Waals surface area contributed by atoms with Crippen LogP contribution in [0.4, 0.5) is 11.8 Å². The van der Waals surface area contributed by atoms with E-state index in [1.165, 1.54) is 4.88 Å². The molecular weight excluding hydrogens is 284 g/mol. The first-order chi connectivity index (χ1) is 10.4. The summed E-state index contributed by atoms with van der Waals surface area (Å²) in [6, 6.07) is 4.22. The predicted octanol–water partition coefficient (Wildman–Crippen LogP) is 2.89. The Bertz CT molecular complexity index is 691. The maximum atomic E-state index is 4.53. The van der Waals surface area contributed by atoms with Crippen molar-refractivity contribution in [3.8, 4) is 0 Å². The molecule has 0 saturated carbocycles. The van der Waals surface area contributed by atoms with Gasteiger partial charge in [0.1, 0.15) is 5.52 Å². The summed E-state index contributed by atoms with van der Waals surface area (Å²) in [4.78, 5) is 17.6. The van der Waals surface area contributed by atoms with Crippen molar-refractivity contribution in [3.05, 3.63) is 28.7 Å². The summed E-state index contributed by atoms with van der Waals surface area (Å²) in [6.45, 7) is 3.80. The first-order valence-corrected chi connectivity index (χ1v) is 7.96. The first-order valence-electron chi connectivity index (χ1n) is 7.08. The lowest BCUT2D eigenvalue weighted by atomic mass is 10.3. The number of nitrogens with zero attached hydrogens (tertiary/aromatic N) is 3. The molecule has 110 valence electrons. The van der Waals surface area contributed by atoms with E-state index in [4.69, 9.17) is 0 Å². The van der Waals surface area contributed by atoms with E-state index in [-0.39, 0.29) is 0 Å². The summed E-state index contributed by atoms with van der Waals surface area (Å²) in [5.74, 6) is 1.42. The molecule has 6 nitrogen and oxygen atoms in total. The highest BCUT2D eigenvalue weighted by atomic mass is 32.1. The van der Waals surface area contributed by atoms with Crippen molar-refractivity contribution < 1.29 is 0 Å². The highest BCUT2D eigenvalue weighted by molar-refractivity contribution is 7.09. The zero-order valence-electron chi connectivity index (χ0n) is 11.9. The Morgan fingerprint density at radius 1 is 1.24 bits per heavy atom. The van der Waals surface area contributed by atoms with Gasteiger partial charge in [0.2, 0.25) is 5.95 Å². The molecule has 0 amide bonds. The highest BCUT2D eigenvalue weighted by Crippen LogP contribution is 2.19. The maximum Gasteiger partial charge on any atom is 0.226 e. The number of rotatable bonds is 7. The number of aromatic nitrogens is 4. The summed E-state index contributed by atoms with van der Waals surface area (Å²) in [5.41, 5.74) is 1.53. The second-order valence-corrected chi connectivity index (χ2v) is 5.71. The molecule has 0 fully saturated rings. The molecule has 0 atom stereocenters. The SMILES string of the molecule is CCCNc1nc(NCCc2cccs2)c2[nH]cnc2n1. The van der Waals surface area contributed by atoms with Gasteiger partial charge in [-0.05, 0) is 24.3 Å². The highest BCUT2D eigenvalue weighted by Gasteiger charge is 2.09. The molecule has 3 N–H and O–H groups in total. The van der Waals surface area contributed by atoms with Gasteiger partial charge in [0, 0.05) is 18.0 Å². The average Bonchev–Trinajstić information content (AvgIpc) is 3.15. The summed E-state index contributed by atoms with van der Waals surface area (Å²) < 4.78 is 0. The molecule has 7 heteroatoms. The minimum absolute atomic E-state index is 0.620. The molecule has 0 saturated heterocycles. The van der Waals surface area contributed by atoms with Crippen molar-refractivity contribution in [3.63, 3.8) is 0 Å². The fraction of sp³-hybridized carbons (Fsp3) is 0.357. The van der Waals surface area contributed by atoms with Gasteiger partial charge in [-0.2, -0.15) is 9.97 Å². The molecule has 21 heavy (non-hydrogen) atoms. The Kier molecular flexibility index (Phi) is 4.30. The van der Waals surface area contributed by atoms with Crippen LogP contribution in [-0.2, 0) is 6.42 Å². The number of anilines is 2. The molecule has 0 aliphatic heterocycles. The topological polar surface area (TPSA) is 78.5 Å². The van der Waals surface area contributed by atoms with Gasteiger partial charge < -0.3 is 15.6 Å². The molecule has 0 aliphatic rings. The fourth-order valence-corrected chi connectivity index (χ4v) is 2.74. The number of aromatic amines is 1. The van der Waals surface area contributed by atoms with E-state index in [9.17, 15) is 0 Å². The van der Waals surface area contributed by atoms with E-state index >= 15 is 0 Å². The summed E-state index contributed by atoms with van der Waals surface area (Å²) in [6.07, 6.45) is 3.66. The Balaban J connectivity index is 1.74. The fourth-order valence-electron chi connectivity index (χ4n) is 2.04. The lowest BCUT2D eigenvalue weighted by molar-refractivity contribution is 0.952. The van der Waals surface area contributed by atoms with Crippen LogP contribution in [0.25, 0.3) is 11.2 Å². The van der Waals surface area contributed by atoms with E-state index < -0.39 is 0 Å². The van der Waals surface area contributed by atoms with E-state index in [2.05, 4.69) is 55.0 Å². The normalized spacial score (nSPS) is 10.9. The molecule has 0 spiro atoms. The zero-order valence-corrected chi connectivity index (χ0v) is 12.7. The van der Waals surface area contributed by atoms with E-state index in [1.54, 1.807) is 17.7 Å². The average molecular weight is 302 g/mol. The van der Waals surface area contributed by atoms with Crippen LogP contribution >= 0.6 is 11.3 Å². The predicted molar refractivity (Wildman–Crippen MR) is 87.0 cm³/mol. The third-order valence-electron chi connectivity index (χ3n) is 3.06. The summed E-state index contributed by atoms with van der Waals surface area (Å²) >= 11 is 1.77. The van der Waals surface area contributed by atoms with Crippen LogP contribution in [0.15, 0.2) is 23.8 Å². The second-order valence-electron chi connectivity index (χ2n) is 4.68. The molecule has 0 unspecified atom stereocenters. The number of imidazole rings is 1. The van der Waals surface area contributed by atoms with Gasteiger partial charge in [0.15, 0.2) is 11.5 Å². The number of hydrogen-bond donors (Lipinski definition) is 3. The van der Waals surface area contributed by atoms with E-state index in [1.807, 2.05) is 0 Å². The lowest BCUT2D eigenvalue weighted by Gasteiger charge is -2.08. The van der Waals surface area contributed by atoms with Gasteiger partial charge in [-0.3, -0.25) is 0 Å². The molecule has 0 radical (unpaired) electrons. The van der Waals surface area contributed by atoms with Gasteiger partial charge in [0.05, 0.1) is 6.33 Å². The minimum Gasteiger partial charge on any atom is -0.368 e. The third kappa shape index (κ3) is 3.30. The Morgan fingerprint density at radius 3 is 3.00 bits per heavy atom. The van der Waals surface area contributed by atoms with Crippen molar-refractivity contribution in [2.75, 3.05) is 23.7 Å². The van der Waals surface area contributed by atoms with Crippen LogP contribution in [0.1, 0.15) is 18.2 Å². The number of hydrogen-bond acceptors (Lipinski definition) is 6. The molecule has 3 heterocycles. The van der Waals surface area contributed by atoms with Crippen molar-refractivity contribution in [1.82, 2.24) is 19.9 Å². The molecule has 0 aliphatic carbocycles. The zero-order chi connectivity index (χ0) is 14.5. The number of nitrogens with one attached hydrogen (secondary N) is 3. The molecule has 3 aromatic heterocycles. The number of H-pyrrole nitrogens is 1. The third-order valence-corrected chi connectivity index (χ3v) is 4.00. The minimum atomic E-state index is 0.620. The van der Waals surface area contributed by atoms with E-state index in [0.29, 0.717) is 11.6 Å². The second kappa shape index (κ2) is 6.53. The molecule has 0 bridgehead atoms. The maximum absolute atomic E-state index is 4.53. The van der Waals surface area contributed by atoms with Crippen LogP contribution < -0.4 is 10.6 Å². The van der Waals surface area contributed by atoms with E-state index in [0.717, 1.165) is 37.3 Å². The number of thiophene rings is 1. The molecule has 3 rings (SSSR count). The van der Waals surface area contributed by atoms with Gasteiger partial charge in [-0.1, -0.05) is 13.0 Å². The number of fused-ring (bicyclic) bond motifs is 1. The van der Waals surface area contributed by atoms with Gasteiger partial charge in [-0.15, -0.1) is 11.3 Å². The Hall–Kier alpha value is -2.15. The quantitative estimate of drug-likeness (QED) is 0.625. The largest absolute Gasteiger partial charge is 0.368 e. The smallest absolute Gasteiger partial charge is 0.226 e. The van der Waals surface area contributed by atoms with Gasteiger partial charge >= 0.3 is 0 Å². The molecule has 0 aromatic carbocycles. The standard InChI is InChI=1S/C14H18N6S/c1-2-6-16-14-19-12(11-13(20-14)18-9-17-11)15-7-5-10-4-3-8-21-10/h3-4,8-9H,2,5-7H2,1H3,(H3,15,16,17,18,19,20). The van der Waals surface area contributed by atoms with Gasteiger partial charge in [0.25, 0.3) is 0 Å². The van der Waals surface area contributed by atoms with Crippen molar-refractivity contribution in [2.45, 2.75) is 19.8 Å². The van der Waals surface area contributed by atoms with Crippen LogP contribution in [0.2, 0.25) is 0 Å². The molecular formula is C14H18N6S. The Labute approximate surface area is 127 Å².